The zero-order valence-corrected chi connectivity index (χ0v) is 14.1. The SMILES string of the molecule is Cc1ccc(Br)c(NS(=O)(=O)C(C)CNC(C)C)c1. The molecule has 0 fully saturated rings. The van der Waals surface area contributed by atoms with Crippen LogP contribution in [0, 0.1) is 6.92 Å². The van der Waals surface area contributed by atoms with E-state index in [-0.39, 0.29) is 6.04 Å². The van der Waals surface area contributed by atoms with Crippen LogP contribution in [0.4, 0.5) is 5.69 Å². The molecule has 0 amide bonds. The number of hydrogen-bond acceptors (Lipinski definition) is 3. The van der Waals surface area contributed by atoms with Gasteiger partial charge >= 0.3 is 0 Å². The molecule has 1 rings (SSSR count). The molecule has 0 aromatic heterocycles. The summed E-state index contributed by atoms with van der Waals surface area (Å²) in [6.45, 7) is 8.03. The van der Waals surface area contributed by atoms with Gasteiger partial charge in [-0.1, -0.05) is 19.9 Å². The van der Waals surface area contributed by atoms with Gasteiger partial charge in [0, 0.05) is 17.1 Å². The summed E-state index contributed by atoms with van der Waals surface area (Å²) in [7, 11) is -3.39. The molecule has 1 aromatic carbocycles. The van der Waals surface area contributed by atoms with Gasteiger partial charge in [0.1, 0.15) is 0 Å². The summed E-state index contributed by atoms with van der Waals surface area (Å²) < 4.78 is 27.8. The van der Waals surface area contributed by atoms with Crippen LogP contribution in [0.15, 0.2) is 22.7 Å². The summed E-state index contributed by atoms with van der Waals surface area (Å²) in [4.78, 5) is 0. The summed E-state index contributed by atoms with van der Waals surface area (Å²) in [5, 5.41) is 2.63. The molecule has 0 aliphatic rings. The highest BCUT2D eigenvalue weighted by atomic mass is 79.9. The molecule has 108 valence electrons. The van der Waals surface area contributed by atoms with Gasteiger partial charge < -0.3 is 5.32 Å². The smallest absolute Gasteiger partial charge is 0.236 e. The monoisotopic (exact) mass is 348 g/mol. The molecule has 0 spiro atoms. The van der Waals surface area contributed by atoms with Crippen LogP contribution >= 0.6 is 15.9 Å². The topological polar surface area (TPSA) is 58.2 Å². The number of sulfonamides is 1. The zero-order chi connectivity index (χ0) is 14.6. The molecule has 0 aliphatic carbocycles. The summed E-state index contributed by atoms with van der Waals surface area (Å²) >= 11 is 3.35. The van der Waals surface area contributed by atoms with Gasteiger partial charge in [0.25, 0.3) is 0 Å². The van der Waals surface area contributed by atoms with Crippen molar-refractivity contribution in [1.29, 1.82) is 0 Å². The summed E-state index contributed by atoms with van der Waals surface area (Å²) in [6, 6.07) is 5.84. The number of nitrogens with one attached hydrogen (secondary N) is 2. The van der Waals surface area contributed by atoms with E-state index in [1.807, 2.05) is 39.0 Å². The van der Waals surface area contributed by atoms with Crippen LogP contribution in [0.2, 0.25) is 0 Å². The van der Waals surface area contributed by atoms with E-state index in [1.165, 1.54) is 0 Å². The second kappa shape index (κ2) is 6.72. The van der Waals surface area contributed by atoms with Crippen molar-refractivity contribution in [2.75, 3.05) is 11.3 Å². The van der Waals surface area contributed by atoms with Crippen LogP contribution in [0.1, 0.15) is 26.3 Å². The van der Waals surface area contributed by atoms with Gasteiger partial charge in [-0.05, 0) is 47.5 Å². The summed E-state index contributed by atoms with van der Waals surface area (Å²) in [5.41, 5.74) is 1.59. The lowest BCUT2D eigenvalue weighted by molar-refractivity contribution is 0.553. The maximum absolute atomic E-state index is 12.2. The normalized spacial score (nSPS) is 13.6. The molecule has 0 heterocycles. The highest BCUT2D eigenvalue weighted by molar-refractivity contribution is 9.10. The molecule has 1 aromatic rings. The van der Waals surface area contributed by atoms with Gasteiger partial charge in [0.15, 0.2) is 0 Å². The first-order valence-electron chi connectivity index (χ1n) is 6.23. The molecule has 0 saturated carbocycles. The predicted molar refractivity (Wildman–Crippen MR) is 84.0 cm³/mol. The van der Waals surface area contributed by atoms with Gasteiger partial charge in [0.2, 0.25) is 10.0 Å². The minimum absolute atomic E-state index is 0.267. The van der Waals surface area contributed by atoms with E-state index >= 15 is 0 Å². The largest absolute Gasteiger partial charge is 0.313 e. The van der Waals surface area contributed by atoms with Crippen LogP contribution < -0.4 is 10.0 Å². The van der Waals surface area contributed by atoms with Gasteiger partial charge in [-0.25, -0.2) is 8.42 Å². The maximum atomic E-state index is 12.2. The average molecular weight is 349 g/mol. The molecule has 4 nitrogen and oxygen atoms in total. The number of hydrogen-bond donors (Lipinski definition) is 2. The summed E-state index contributed by atoms with van der Waals surface area (Å²) in [5.74, 6) is 0. The van der Waals surface area contributed by atoms with E-state index < -0.39 is 15.3 Å². The van der Waals surface area contributed by atoms with Crippen molar-refractivity contribution in [3.63, 3.8) is 0 Å². The van der Waals surface area contributed by atoms with Crippen molar-refractivity contribution in [1.82, 2.24) is 5.32 Å². The highest BCUT2D eigenvalue weighted by Crippen LogP contribution is 2.25. The molecule has 2 N–H and O–H groups in total. The summed E-state index contributed by atoms with van der Waals surface area (Å²) in [6.07, 6.45) is 0. The van der Waals surface area contributed by atoms with Crippen molar-refractivity contribution in [2.24, 2.45) is 0 Å². The molecule has 0 bridgehead atoms. The Hall–Kier alpha value is -0.590. The van der Waals surface area contributed by atoms with E-state index in [0.29, 0.717) is 12.2 Å². The fraction of sp³-hybridized carbons (Fsp3) is 0.538. The molecule has 0 aliphatic heterocycles. The lowest BCUT2D eigenvalue weighted by atomic mass is 10.2. The van der Waals surface area contributed by atoms with Gasteiger partial charge in [0.05, 0.1) is 10.9 Å². The quantitative estimate of drug-likeness (QED) is 0.830. The first kappa shape index (κ1) is 16.5. The third-order valence-electron chi connectivity index (χ3n) is 2.72. The number of rotatable bonds is 6. The van der Waals surface area contributed by atoms with Gasteiger partial charge in [-0.15, -0.1) is 0 Å². The Kier molecular flexibility index (Phi) is 5.82. The standard InChI is InChI=1S/C13H21BrN2O2S/c1-9(2)15-8-11(4)19(17,18)16-13-7-10(3)5-6-12(13)14/h5-7,9,11,15-16H,8H2,1-4H3. The fourth-order valence-electron chi connectivity index (χ4n) is 1.48. The minimum atomic E-state index is -3.39. The lowest BCUT2D eigenvalue weighted by Gasteiger charge is -2.17. The number of benzene rings is 1. The van der Waals surface area contributed by atoms with Gasteiger partial charge in [-0.3, -0.25) is 4.72 Å². The molecule has 0 saturated heterocycles. The molecule has 6 heteroatoms. The maximum Gasteiger partial charge on any atom is 0.236 e. The number of anilines is 1. The van der Waals surface area contributed by atoms with Gasteiger partial charge in [-0.2, -0.15) is 0 Å². The second-order valence-corrected chi connectivity index (χ2v) is 7.96. The first-order valence-corrected chi connectivity index (χ1v) is 8.57. The average Bonchev–Trinajstić information content (AvgIpc) is 2.30. The van der Waals surface area contributed by atoms with Crippen LogP contribution in [0.5, 0.6) is 0 Å². The fourth-order valence-corrected chi connectivity index (χ4v) is 2.95. The Bertz CT molecular complexity index is 529. The Balaban J connectivity index is 2.81. The van der Waals surface area contributed by atoms with Crippen LogP contribution in [0.3, 0.4) is 0 Å². The van der Waals surface area contributed by atoms with E-state index in [2.05, 4.69) is 26.0 Å². The highest BCUT2D eigenvalue weighted by Gasteiger charge is 2.21. The van der Waals surface area contributed by atoms with E-state index in [9.17, 15) is 8.42 Å². The van der Waals surface area contributed by atoms with E-state index in [1.54, 1.807) is 6.92 Å². The second-order valence-electron chi connectivity index (χ2n) is 5.00. The number of halogens is 1. The minimum Gasteiger partial charge on any atom is -0.313 e. The van der Waals surface area contributed by atoms with E-state index in [0.717, 1.165) is 10.0 Å². The Morgan fingerprint density at radius 1 is 1.26 bits per heavy atom. The molecular formula is C13H21BrN2O2S. The molecule has 0 radical (unpaired) electrons. The van der Waals surface area contributed by atoms with Crippen LogP contribution in [-0.2, 0) is 10.0 Å². The third-order valence-corrected chi connectivity index (χ3v) is 5.14. The lowest BCUT2D eigenvalue weighted by Crippen LogP contribution is -2.37. The Labute approximate surface area is 124 Å². The van der Waals surface area contributed by atoms with Crippen molar-refractivity contribution < 1.29 is 8.42 Å². The van der Waals surface area contributed by atoms with Crippen molar-refractivity contribution in [3.8, 4) is 0 Å². The van der Waals surface area contributed by atoms with E-state index in [4.69, 9.17) is 0 Å². The van der Waals surface area contributed by atoms with Crippen LogP contribution in [-0.4, -0.2) is 26.3 Å². The molecular weight excluding hydrogens is 328 g/mol. The van der Waals surface area contributed by atoms with Crippen molar-refractivity contribution >= 4 is 31.6 Å². The zero-order valence-electron chi connectivity index (χ0n) is 11.7. The van der Waals surface area contributed by atoms with Crippen LogP contribution in [0.25, 0.3) is 0 Å². The van der Waals surface area contributed by atoms with Crippen molar-refractivity contribution in [2.45, 2.75) is 39.0 Å². The third kappa shape index (κ3) is 5.12. The van der Waals surface area contributed by atoms with Crippen molar-refractivity contribution in [3.05, 3.63) is 28.2 Å². The predicted octanol–water partition coefficient (Wildman–Crippen LogP) is 2.89. The Morgan fingerprint density at radius 3 is 2.47 bits per heavy atom. The first-order chi connectivity index (χ1) is 8.72. The molecule has 19 heavy (non-hydrogen) atoms. The Morgan fingerprint density at radius 2 is 1.89 bits per heavy atom. The molecule has 1 unspecified atom stereocenters. The molecule has 1 atom stereocenters. The number of aryl methyl sites for hydroxylation is 1.